The first kappa shape index (κ1) is 7.83. The van der Waals surface area contributed by atoms with Crippen molar-refractivity contribution >= 4 is 5.90 Å². The van der Waals surface area contributed by atoms with E-state index in [-0.39, 0.29) is 5.90 Å². The lowest BCUT2D eigenvalue weighted by Crippen LogP contribution is -1.98. The van der Waals surface area contributed by atoms with Gasteiger partial charge in [-0.05, 0) is 6.92 Å². The molecule has 0 aliphatic rings. The van der Waals surface area contributed by atoms with Crippen LogP contribution in [0.4, 0.5) is 0 Å². The van der Waals surface area contributed by atoms with Crippen molar-refractivity contribution in [1.82, 2.24) is 0 Å². The van der Waals surface area contributed by atoms with E-state index in [4.69, 9.17) is 5.41 Å². The monoisotopic (exact) mass is 127 g/mol. The lowest BCUT2D eigenvalue weighted by molar-refractivity contribution is 0.327. The van der Waals surface area contributed by atoms with Gasteiger partial charge in [-0.2, -0.15) is 0 Å². The van der Waals surface area contributed by atoms with Crippen LogP contribution in [0.15, 0.2) is 0 Å². The first-order valence-corrected chi connectivity index (χ1v) is 2.56. The molecular formula is C6H9NO2. The van der Waals surface area contributed by atoms with E-state index in [9.17, 15) is 0 Å². The average Bonchev–Trinajstić information content (AvgIpc) is 1.85. The van der Waals surface area contributed by atoms with Gasteiger partial charge in [0.25, 0.3) is 5.90 Å². The summed E-state index contributed by atoms with van der Waals surface area (Å²) in [4.78, 5) is 0. The number of hydrogen-bond donors (Lipinski definition) is 1. The van der Waals surface area contributed by atoms with Crippen LogP contribution in [-0.2, 0) is 9.47 Å². The zero-order valence-electron chi connectivity index (χ0n) is 5.52. The van der Waals surface area contributed by atoms with Gasteiger partial charge < -0.3 is 9.47 Å². The van der Waals surface area contributed by atoms with Crippen LogP contribution in [0.1, 0.15) is 6.92 Å². The van der Waals surface area contributed by atoms with Crippen LogP contribution in [0.25, 0.3) is 0 Å². The van der Waals surface area contributed by atoms with Crippen LogP contribution in [0.3, 0.4) is 0 Å². The molecule has 0 fully saturated rings. The van der Waals surface area contributed by atoms with E-state index < -0.39 is 0 Å². The molecule has 0 bridgehead atoms. The summed E-state index contributed by atoms with van der Waals surface area (Å²) < 4.78 is 9.05. The average molecular weight is 127 g/mol. The second kappa shape index (κ2) is 4.98. The standard InChI is InChI=1S/C6H9NO2/c1-3-9-6(7)4-5-8-2/h7H,3H2,1-2H3. The van der Waals surface area contributed by atoms with Crippen LogP contribution in [0, 0.1) is 17.4 Å². The molecule has 0 saturated carbocycles. The maximum Gasteiger partial charge on any atom is 0.263 e. The highest BCUT2D eigenvalue weighted by Gasteiger charge is 1.84. The van der Waals surface area contributed by atoms with E-state index in [1.807, 2.05) is 0 Å². The summed E-state index contributed by atoms with van der Waals surface area (Å²) in [5, 5.41) is 6.92. The Balaban J connectivity index is 3.49. The number of nitrogens with one attached hydrogen (secondary N) is 1. The molecule has 0 atom stereocenters. The molecule has 0 aromatic rings. The van der Waals surface area contributed by atoms with Crippen LogP contribution in [-0.4, -0.2) is 19.6 Å². The topological polar surface area (TPSA) is 42.3 Å². The summed E-state index contributed by atoms with van der Waals surface area (Å²) in [6.45, 7) is 2.26. The second-order valence-corrected chi connectivity index (χ2v) is 1.19. The molecule has 0 aliphatic heterocycles. The Labute approximate surface area is 54.5 Å². The molecule has 0 aromatic heterocycles. The summed E-state index contributed by atoms with van der Waals surface area (Å²) in [5.41, 5.74) is 0. The van der Waals surface area contributed by atoms with Gasteiger partial charge in [-0.25, -0.2) is 0 Å². The Kier molecular flexibility index (Phi) is 4.33. The largest absolute Gasteiger partial charge is 0.472 e. The van der Waals surface area contributed by atoms with E-state index in [2.05, 4.69) is 21.5 Å². The minimum atomic E-state index is -0.0562. The maximum absolute atomic E-state index is 6.92. The molecule has 0 saturated heterocycles. The molecule has 1 N–H and O–H groups in total. The summed E-state index contributed by atoms with van der Waals surface area (Å²) in [6, 6.07) is 0. The summed E-state index contributed by atoms with van der Waals surface area (Å²) >= 11 is 0. The van der Waals surface area contributed by atoms with Gasteiger partial charge in [0.05, 0.1) is 13.7 Å². The van der Waals surface area contributed by atoms with Crippen LogP contribution >= 0.6 is 0 Å². The van der Waals surface area contributed by atoms with Crippen LogP contribution in [0.5, 0.6) is 0 Å². The quantitative estimate of drug-likeness (QED) is 0.318. The van der Waals surface area contributed by atoms with Gasteiger partial charge in [0.2, 0.25) is 0 Å². The molecule has 9 heavy (non-hydrogen) atoms. The Morgan fingerprint density at radius 3 is 2.78 bits per heavy atom. The maximum atomic E-state index is 6.92. The number of hydrogen-bond acceptors (Lipinski definition) is 3. The second-order valence-electron chi connectivity index (χ2n) is 1.19. The minimum absolute atomic E-state index is 0.0562. The predicted octanol–water partition coefficient (Wildman–Crippen LogP) is 0.607. The Morgan fingerprint density at radius 1 is 1.67 bits per heavy atom. The minimum Gasteiger partial charge on any atom is -0.472 e. The lowest BCUT2D eigenvalue weighted by Gasteiger charge is -1.93. The molecule has 0 aromatic carbocycles. The third-order valence-electron chi connectivity index (χ3n) is 0.555. The fourth-order valence-electron chi connectivity index (χ4n) is 0.278. The van der Waals surface area contributed by atoms with E-state index in [1.165, 1.54) is 7.11 Å². The van der Waals surface area contributed by atoms with Crippen molar-refractivity contribution in [3.8, 4) is 12.0 Å². The zero-order valence-corrected chi connectivity index (χ0v) is 5.52. The molecule has 0 heterocycles. The van der Waals surface area contributed by atoms with Crippen LogP contribution in [0.2, 0.25) is 0 Å². The highest BCUT2D eigenvalue weighted by atomic mass is 16.5. The van der Waals surface area contributed by atoms with Crippen molar-refractivity contribution in [2.45, 2.75) is 6.92 Å². The molecule has 0 radical (unpaired) electrons. The summed E-state index contributed by atoms with van der Waals surface area (Å²) in [5.74, 6) is 2.27. The van der Waals surface area contributed by atoms with Gasteiger partial charge in [-0.1, -0.05) is 0 Å². The summed E-state index contributed by atoms with van der Waals surface area (Å²) in [6.07, 6.45) is 2.23. The Hall–Kier alpha value is -1.17. The number of methoxy groups -OCH3 is 1. The van der Waals surface area contributed by atoms with Gasteiger partial charge in [0.15, 0.2) is 0 Å². The number of rotatable bonds is 1. The first-order chi connectivity index (χ1) is 4.31. The molecule has 0 rings (SSSR count). The predicted molar refractivity (Wildman–Crippen MR) is 34.1 cm³/mol. The van der Waals surface area contributed by atoms with E-state index in [1.54, 1.807) is 6.92 Å². The van der Waals surface area contributed by atoms with E-state index in [0.29, 0.717) is 6.61 Å². The molecule has 50 valence electrons. The van der Waals surface area contributed by atoms with Crippen molar-refractivity contribution in [2.24, 2.45) is 0 Å². The summed E-state index contributed by atoms with van der Waals surface area (Å²) in [7, 11) is 1.44. The molecule has 3 nitrogen and oxygen atoms in total. The molecular weight excluding hydrogens is 118 g/mol. The van der Waals surface area contributed by atoms with Gasteiger partial charge in [0.1, 0.15) is 6.11 Å². The number of ether oxygens (including phenoxy) is 2. The van der Waals surface area contributed by atoms with E-state index >= 15 is 0 Å². The van der Waals surface area contributed by atoms with Crippen LogP contribution < -0.4 is 0 Å². The fraction of sp³-hybridized carbons (Fsp3) is 0.500. The molecule has 0 aliphatic carbocycles. The third-order valence-corrected chi connectivity index (χ3v) is 0.555. The molecule has 3 heteroatoms. The van der Waals surface area contributed by atoms with Crippen molar-refractivity contribution in [3.63, 3.8) is 0 Å². The smallest absolute Gasteiger partial charge is 0.263 e. The molecule has 0 spiro atoms. The van der Waals surface area contributed by atoms with Crippen molar-refractivity contribution in [3.05, 3.63) is 0 Å². The highest BCUT2D eigenvalue weighted by Crippen LogP contribution is 1.73. The third kappa shape index (κ3) is 4.69. The van der Waals surface area contributed by atoms with Gasteiger partial charge in [0, 0.05) is 5.92 Å². The van der Waals surface area contributed by atoms with E-state index in [0.717, 1.165) is 0 Å². The lowest BCUT2D eigenvalue weighted by atomic mass is 10.7. The van der Waals surface area contributed by atoms with Crippen molar-refractivity contribution in [2.75, 3.05) is 13.7 Å². The molecule has 0 unspecified atom stereocenters. The highest BCUT2D eigenvalue weighted by molar-refractivity contribution is 5.90. The van der Waals surface area contributed by atoms with Crippen molar-refractivity contribution < 1.29 is 9.47 Å². The molecule has 0 amide bonds. The van der Waals surface area contributed by atoms with Gasteiger partial charge in [-0.3, -0.25) is 5.41 Å². The van der Waals surface area contributed by atoms with Gasteiger partial charge >= 0.3 is 0 Å². The Morgan fingerprint density at radius 2 is 2.33 bits per heavy atom. The SMILES string of the molecule is CCOC(=N)C#COC. The van der Waals surface area contributed by atoms with Gasteiger partial charge in [-0.15, -0.1) is 0 Å². The van der Waals surface area contributed by atoms with Crippen molar-refractivity contribution in [1.29, 1.82) is 5.41 Å². The fourth-order valence-corrected chi connectivity index (χ4v) is 0.278. The Bertz CT molecular complexity index is 143. The normalized spacial score (nSPS) is 6.89. The first-order valence-electron chi connectivity index (χ1n) is 2.56. The zero-order chi connectivity index (χ0) is 7.11.